The van der Waals surface area contributed by atoms with Crippen LogP contribution in [0.5, 0.6) is 17.2 Å². The average molecular weight is 180 g/mol. The second-order valence-electron chi connectivity index (χ2n) is 2.71. The number of phenolic OH excluding ortho intramolecular Hbond substituents is 3. The molecule has 0 unspecified atom stereocenters. The van der Waals surface area contributed by atoms with Gasteiger partial charge in [0.15, 0.2) is 11.5 Å². The minimum Gasteiger partial charge on any atom is -0.504 e. The molecule has 13 heavy (non-hydrogen) atoms. The average Bonchev–Trinajstić information content (AvgIpc) is 2.13. The van der Waals surface area contributed by atoms with Crippen molar-refractivity contribution in [2.45, 2.75) is 13.3 Å². The third-order valence-electron chi connectivity index (χ3n) is 1.79. The molecular weight excluding hydrogens is 168 g/mol. The Morgan fingerprint density at radius 1 is 1.15 bits per heavy atom. The summed E-state index contributed by atoms with van der Waals surface area (Å²) in [6, 6.07) is 2.93. The smallest absolute Gasteiger partial charge is 0.200 e. The van der Waals surface area contributed by atoms with Gasteiger partial charge in [-0.05, 0) is 19.4 Å². The zero-order chi connectivity index (χ0) is 9.84. The molecule has 3 heteroatoms. The van der Waals surface area contributed by atoms with E-state index in [1.807, 2.05) is 19.1 Å². The molecule has 0 atom stereocenters. The van der Waals surface area contributed by atoms with Crippen molar-refractivity contribution < 1.29 is 15.3 Å². The van der Waals surface area contributed by atoms with Crippen LogP contribution in [0.4, 0.5) is 0 Å². The molecule has 0 bridgehead atoms. The van der Waals surface area contributed by atoms with Crippen molar-refractivity contribution in [3.8, 4) is 17.2 Å². The third-order valence-corrected chi connectivity index (χ3v) is 1.79. The second-order valence-corrected chi connectivity index (χ2v) is 2.71. The lowest BCUT2D eigenvalue weighted by molar-refractivity contribution is 0.365. The summed E-state index contributed by atoms with van der Waals surface area (Å²) < 4.78 is 0. The summed E-state index contributed by atoms with van der Waals surface area (Å²) in [5.41, 5.74) is 0.591. The van der Waals surface area contributed by atoms with Gasteiger partial charge >= 0.3 is 0 Å². The Morgan fingerprint density at radius 2 is 1.85 bits per heavy atom. The number of allylic oxidation sites excluding steroid dienone is 2. The Balaban J connectivity index is 3.03. The fourth-order valence-electron chi connectivity index (χ4n) is 1.02. The number of phenols is 3. The van der Waals surface area contributed by atoms with Crippen LogP contribution in [0.3, 0.4) is 0 Å². The van der Waals surface area contributed by atoms with E-state index in [-0.39, 0.29) is 11.5 Å². The predicted molar refractivity (Wildman–Crippen MR) is 50.0 cm³/mol. The molecule has 0 saturated carbocycles. The molecule has 3 N–H and O–H groups in total. The van der Waals surface area contributed by atoms with Gasteiger partial charge in [-0.25, -0.2) is 0 Å². The summed E-state index contributed by atoms with van der Waals surface area (Å²) in [5.74, 6) is -1.01. The Morgan fingerprint density at radius 3 is 2.46 bits per heavy atom. The Hall–Kier alpha value is -1.64. The maximum Gasteiger partial charge on any atom is 0.200 e. The van der Waals surface area contributed by atoms with Crippen LogP contribution in [0.2, 0.25) is 0 Å². The Bertz CT molecular complexity index is 329. The van der Waals surface area contributed by atoms with Crippen molar-refractivity contribution in [3.63, 3.8) is 0 Å². The van der Waals surface area contributed by atoms with E-state index >= 15 is 0 Å². The van der Waals surface area contributed by atoms with E-state index in [0.717, 1.165) is 0 Å². The first-order valence-electron chi connectivity index (χ1n) is 4.00. The molecule has 0 spiro atoms. The molecule has 0 radical (unpaired) electrons. The van der Waals surface area contributed by atoms with Gasteiger partial charge in [0.2, 0.25) is 5.75 Å². The van der Waals surface area contributed by atoms with Gasteiger partial charge in [0.05, 0.1) is 0 Å². The van der Waals surface area contributed by atoms with Gasteiger partial charge in [0, 0.05) is 5.56 Å². The van der Waals surface area contributed by atoms with Crippen molar-refractivity contribution >= 4 is 0 Å². The van der Waals surface area contributed by atoms with Gasteiger partial charge in [-0.1, -0.05) is 18.2 Å². The highest BCUT2D eigenvalue weighted by atomic mass is 16.3. The van der Waals surface area contributed by atoms with E-state index in [1.165, 1.54) is 6.07 Å². The van der Waals surface area contributed by atoms with Gasteiger partial charge in [0.1, 0.15) is 0 Å². The number of benzene rings is 1. The predicted octanol–water partition coefficient (Wildman–Crippen LogP) is 1.92. The summed E-state index contributed by atoms with van der Waals surface area (Å²) in [4.78, 5) is 0. The van der Waals surface area contributed by atoms with Crippen LogP contribution in [0.25, 0.3) is 0 Å². The molecule has 0 aliphatic carbocycles. The second kappa shape index (κ2) is 3.85. The van der Waals surface area contributed by atoms with Crippen LogP contribution in [0.15, 0.2) is 24.3 Å². The lowest BCUT2D eigenvalue weighted by Gasteiger charge is -2.04. The molecule has 1 rings (SSSR count). The highest BCUT2D eigenvalue weighted by Gasteiger charge is 2.08. The highest BCUT2D eigenvalue weighted by molar-refractivity contribution is 5.53. The van der Waals surface area contributed by atoms with Crippen molar-refractivity contribution in [1.29, 1.82) is 0 Å². The first kappa shape index (κ1) is 9.45. The fraction of sp³-hybridized carbons (Fsp3) is 0.200. The molecule has 3 nitrogen and oxygen atoms in total. The van der Waals surface area contributed by atoms with E-state index < -0.39 is 5.75 Å². The Kier molecular flexibility index (Phi) is 2.80. The first-order chi connectivity index (χ1) is 6.16. The molecule has 0 fully saturated rings. The molecule has 0 aliphatic heterocycles. The zero-order valence-electron chi connectivity index (χ0n) is 7.36. The van der Waals surface area contributed by atoms with Gasteiger partial charge in [-0.3, -0.25) is 0 Å². The number of aromatic hydroxyl groups is 3. The van der Waals surface area contributed by atoms with Crippen LogP contribution >= 0.6 is 0 Å². The lowest BCUT2D eigenvalue weighted by atomic mass is 10.1. The van der Waals surface area contributed by atoms with Crippen LogP contribution in [-0.4, -0.2) is 15.3 Å². The minimum atomic E-state index is -0.456. The lowest BCUT2D eigenvalue weighted by Crippen LogP contribution is -1.83. The quantitative estimate of drug-likeness (QED) is 0.481. The van der Waals surface area contributed by atoms with Gasteiger partial charge < -0.3 is 15.3 Å². The number of rotatable bonds is 2. The van der Waals surface area contributed by atoms with Crippen LogP contribution in [-0.2, 0) is 6.42 Å². The fourth-order valence-corrected chi connectivity index (χ4v) is 1.02. The summed E-state index contributed by atoms with van der Waals surface area (Å²) >= 11 is 0. The highest BCUT2D eigenvalue weighted by Crippen LogP contribution is 2.37. The van der Waals surface area contributed by atoms with Crippen molar-refractivity contribution in [1.82, 2.24) is 0 Å². The van der Waals surface area contributed by atoms with Gasteiger partial charge in [0.25, 0.3) is 0 Å². The molecule has 0 amide bonds. The molecule has 70 valence electrons. The van der Waals surface area contributed by atoms with E-state index in [1.54, 1.807) is 6.07 Å². The summed E-state index contributed by atoms with van der Waals surface area (Å²) in [6.07, 6.45) is 4.24. The normalized spacial score (nSPS) is 10.8. The van der Waals surface area contributed by atoms with Gasteiger partial charge in [-0.15, -0.1) is 0 Å². The topological polar surface area (TPSA) is 60.7 Å². The first-order valence-corrected chi connectivity index (χ1v) is 4.00. The van der Waals surface area contributed by atoms with Crippen molar-refractivity contribution in [2.24, 2.45) is 0 Å². The maximum absolute atomic E-state index is 9.36. The minimum absolute atomic E-state index is 0.252. The number of hydrogen-bond acceptors (Lipinski definition) is 3. The van der Waals surface area contributed by atoms with Crippen LogP contribution in [0.1, 0.15) is 12.5 Å². The molecule has 0 aliphatic rings. The van der Waals surface area contributed by atoms with Crippen molar-refractivity contribution in [3.05, 3.63) is 29.8 Å². The number of hydrogen-bond donors (Lipinski definition) is 3. The van der Waals surface area contributed by atoms with Gasteiger partial charge in [-0.2, -0.15) is 0 Å². The summed E-state index contributed by atoms with van der Waals surface area (Å²) in [7, 11) is 0. The van der Waals surface area contributed by atoms with Crippen LogP contribution < -0.4 is 0 Å². The van der Waals surface area contributed by atoms with E-state index in [9.17, 15) is 5.11 Å². The standard InChI is InChI=1S/C10H12O3/c1-2-3-4-7-5-6-8(11)10(13)9(7)12/h2-3,5-6,11-13H,4H2,1H3. The third kappa shape index (κ3) is 1.93. The van der Waals surface area contributed by atoms with E-state index in [4.69, 9.17) is 10.2 Å². The van der Waals surface area contributed by atoms with Crippen LogP contribution in [0, 0.1) is 0 Å². The summed E-state index contributed by atoms with van der Waals surface area (Å²) in [5, 5.41) is 27.5. The molecule has 1 aromatic rings. The monoisotopic (exact) mass is 180 g/mol. The zero-order valence-corrected chi connectivity index (χ0v) is 7.36. The molecule has 0 saturated heterocycles. The SMILES string of the molecule is CC=CCc1ccc(O)c(O)c1O. The molecule has 0 aromatic heterocycles. The largest absolute Gasteiger partial charge is 0.504 e. The molecule has 1 aromatic carbocycles. The Labute approximate surface area is 76.6 Å². The van der Waals surface area contributed by atoms with Crippen molar-refractivity contribution in [2.75, 3.05) is 0 Å². The maximum atomic E-state index is 9.36. The van der Waals surface area contributed by atoms with E-state index in [2.05, 4.69) is 0 Å². The molecular formula is C10H12O3. The summed E-state index contributed by atoms with van der Waals surface area (Å²) in [6.45, 7) is 1.87. The van der Waals surface area contributed by atoms with E-state index in [0.29, 0.717) is 12.0 Å². The molecule has 0 heterocycles.